The summed E-state index contributed by atoms with van der Waals surface area (Å²) in [6.45, 7) is 8.48. The zero-order valence-electron chi connectivity index (χ0n) is 11.7. The summed E-state index contributed by atoms with van der Waals surface area (Å²) in [5.74, 6) is 0.603. The minimum atomic E-state index is 0. The number of fused-ring (bicyclic) bond motifs is 1. The van der Waals surface area contributed by atoms with Crippen LogP contribution in [0.3, 0.4) is 0 Å². The monoisotopic (exact) mass is 304 g/mol. The summed E-state index contributed by atoms with van der Waals surface area (Å²) >= 11 is 0. The van der Waals surface area contributed by atoms with Gasteiger partial charge in [-0.3, -0.25) is 0 Å². The molecule has 2 aromatic rings. The summed E-state index contributed by atoms with van der Waals surface area (Å²) in [7, 11) is 0. The van der Waals surface area contributed by atoms with Gasteiger partial charge in [0.2, 0.25) is 0 Å². The third-order valence-electron chi connectivity index (χ3n) is 2.45. The zero-order chi connectivity index (χ0) is 11.3. The van der Waals surface area contributed by atoms with E-state index in [4.69, 9.17) is 0 Å². The number of hydrogen-bond donors (Lipinski definition) is 0. The molecule has 0 amide bonds. The molecule has 0 bridgehead atoms. The molecular weight excluding hydrogens is 281 g/mol. The molecule has 0 aliphatic carbocycles. The summed E-state index contributed by atoms with van der Waals surface area (Å²) in [4.78, 5) is 0. The van der Waals surface area contributed by atoms with E-state index in [1.807, 2.05) is 13.8 Å². The molecule has 0 aliphatic rings. The molecule has 0 atom stereocenters. The van der Waals surface area contributed by atoms with Crippen molar-refractivity contribution in [2.75, 3.05) is 0 Å². The van der Waals surface area contributed by atoms with Crippen LogP contribution < -0.4 is 0 Å². The van der Waals surface area contributed by atoms with E-state index in [2.05, 4.69) is 56.3 Å². The van der Waals surface area contributed by atoms with Crippen molar-refractivity contribution >= 4 is 10.8 Å². The van der Waals surface area contributed by atoms with Crippen molar-refractivity contribution in [3.63, 3.8) is 0 Å². The van der Waals surface area contributed by atoms with Crippen molar-refractivity contribution in [1.29, 1.82) is 0 Å². The molecule has 2 rings (SSSR count). The Labute approximate surface area is 132 Å². The molecule has 0 fully saturated rings. The van der Waals surface area contributed by atoms with Gasteiger partial charge in [0.15, 0.2) is 0 Å². The predicted molar refractivity (Wildman–Crippen MR) is 75.8 cm³/mol. The molecule has 0 nitrogen and oxygen atoms in total. The predicted octanol–water partition coefficient (Wildman–Crippen LogP) is 5.44. The van der Waals surface area contributed by atoms with E-state index in [0.717, 1.165) is 0 Å². The number of benzene rings is 2. The second kappa shape index (κ2) is 9.80. The van der Waals surface area contributed by atoms with Crippen LogP contribution in [-0.4, -0.2) is 0 Å². The van der Waals surface area contributed by atoms with Crippen molar-refractivity contribution < 1.29 is 32.7 Å². The Kier molecular flexibility index (Phi) is 11.0. The van der Waals surface area contributed by atoms with Gasteiger partial charge in [0.1, 0.15) is 0 Å². The fourth-order valence-electron chi connectivity index (χ4n) is 1.75. The molecule has 0 spiro atoms. The van der Waals surface area contributed by atoms with Crippen LogP contribution in [0.15, 0.2) is 42.5 Å². The maximum atomic E-state index is 2.24. The average Bonchev–Trinajstić information content (AvgIpc) is 2.31. The minimum Gasteiger partial charge on any atom is -0.358 e. The topological polar surface area (TPSA) is 0 Å². The molecule has 0 aromatic heterocycles. The van der Waals surface area contributed by atoms with Crippen LogP contribution in [0.4, 0.5) is 0 Å². The van der Waals surface area contributed by atoms with Crippen LogP contribution in [0.5, 0.6) is 0 Å². The summed E-state index contributed by atoms with van der Waals surface area (Å²) < 4.78 is 0. The molecule has 1 radical (unpaired) electrons. The molecule has 0 saturated carbocycles. The van der Waals surface area contributed by atoms with E-state index in [1.165, 1.54) is 16.3 Å². The van der Waals surface area contributed by atoms with Gasteiger partial charge in [-0.2, -0.15) is 0 Å². The summed E-state index contributed by atoms with van der Waals surface area (Å²) in [6.07, 6.45) is 0. The smallest absolute Gasteiger partial charge is 0 e. The Hall–Kier alpha value is -0.196. The molecule has 0 unspecified atom stereocenters. The van der Waals surface area contributed by atoms with E-state index >= 15 is 0 Å². The first-order valence-electron chi connectivity index (χ1n) is 5.76. The fraction of sp³-hybridized carbons (Fsp3) is 0.312. The second-order valence-electron chi connectivity index (χ2n) is 3.72. The molecular formula is C16H23Y-. The number of hydrogen-bond acceptors (Lipinski definition) is 0. The van der Waals surface area contributed by atoms with Gasteiger partial charge in [-0.1, -0.05) is 70.2 Å². The van der Waals surface area contributed by atoms with Crippen molar-refractivity contribution in [2.24, 2.45) is 0 Å². The van der Waals surface area contributed by atoms with Crippen LogP contribution in [0.25, 0.3) is 10.8 Å². The van der Waals surface area contributed by atoms with Crippen molar-refractivity contribution in [1.82, 2.24) is 0 Å². The number of rotatable bonds is 1. The van der Waals surface area contributed by atoms with Crippen LogP contribution in [-0.2, 0) is 32.7 Å². The largest absolute Gasteiger partial charge is 0.358 e. The summed E-state index contributed by atoms with van der Waals surface area (Å²) in [5, 5.41) is 2.73. The molecule has 17 heavy (non-hydrogen) atoms. The van der Waals surface area contributed by atoms with Crippen LogP contribution >= 0.6 is 0 Å². The van der Waals surface area contributed by atoms with Gasteiger partial charge in [0, 0.05) is 32.7 Å². The second-order valence-corrected chi connectivity index (χ2v) is 3.72. The SMILES string of the molecule is CC.CC(C)c1cccc2ccccc12.[CH3-].[Y]. The Morgan fingerprint density at radius 3 is 1.94 bits per heavy atom. The van der Waals surface area contributed by atoms with E-state index in [-0.39, 0.29) is 40.1 Å². The maximum absolute atomic E-state index is 2.24. The van der Waals surface area contributed by atoms with Gasteiger partial charge in [-0.25, -0.2) is 0 Å². The van der Waals surface area contributed by atoms with E-state index in [0.29, 0.717) is 5.92 Å². The normalized spacial score (nSPS) is 8.76. The Balaban J connectivity index is 0. The molecule has 1 heteroatoms. The molecule has 0 saturated heterocycles. The third-order valence-corrected chi connectivity index (χ3v) is 2.45. The Morgan fingerprint density at radius 1 is 0.824 bits per heavy atom. The minimum absolute atomic E-state index is 0. The van der Waals surface area contributed by atoms with Gasteiger partial charge in [-0.05, 0) is 22.3 Å². The van der Waals surface area contributed by atoms with E-state index < -0.39 is 0 Å². The van der Waals surface area contributed by atoms with Crippen LogP contribution in [0, 0.1) is 7.43 Å². The Morgan fingerprint density at radius 2 is 1.35 bits per heavy atom. The molecule has 2 aromatic carbocycles. The standard InChI is InChI=1S/C13H14.C2H6.CH3.Y/c1-10(2)12-9-5-7-11-6-3-4-8-13(11)12;1-2;;/h3-10H,1-2H3;1-2H3;1H3;/q;;-1;. The van der Waals surface area contributed by atoms with Crippen molar-refractivity contribution in [3.8, 4) is 0 Å². The van der Waals surface area contributed by atoms with Crippen molar-refractivity contribution in [3.05, 3.63) is 55.5 Å². The first-order chi connectivity index (χ1) is 7.29. The van der Waals surface area contributed by atoms with Gasteiger partial charge in [0.05, 0.1) is 0 Å². The quantitative estimate of drug-likeness (QED) is 0.616. The van der Waals surface area contributed by atoms with Gasteiger partial charge in [-0.15, -0.1) is 0 Å². The average molecular weight is 304 g/mol. The fourth-order valence-corrected chi connectivity index (χ4v) is 1.75. The first kappa shape index (κ1) is 19.2. The van der Waals surface area contributed by atoms with Gasteiger partial charge >= 0.3 is 0 Å². The molecule has 0 N–H and O–H groups in total. The molecule has 0 aliphatic heterocycles. The van der Waals surface area contributed by atoms with Crippen LogP contribution in [0.2, 0.25) is 0 Å². The van der Waals surface area contributed by atoms with Crippen LogP contribution in [0.1, 0.15) is 39.2 Å². The van der Waals surface area contributed by atoms with E-state index in [9.17, 15) is 0 Å². The molecule has 0 heterocycles. The summed E-state index contributed by atoms with van der Waals surface area (Å²) in [5.41, 5.74) is 1.44. The molecule has 91 valence electrons. The first-order valence-corrected chi connectivity index (χ1v) is 5.76. The van der Waals surface area contributed by atoms with Crippen molar-refractivity contribution in [2.45, 2.75) is 33.6 Å². The van der Waals surface area contributed by atoms with Gasteiger partial charge in [0.25, 0.3) is 0 Å². The Bertz CT molecular complexity index is 413. The van der Waals surface area contributed by atoms with Gasteiger partial charge < -0.3 is 7.43 Å². The maximum Gasteiger partial charge on any atom is 0 e. The summed E-state index contributed by atoms with van der Waals surface area (Å²) in [6, 6.07) is 15.1. The zero-order valence-corrected chi connectivity index (χ0v) is 14.5. The third kappa shape index (κ3) is 4.89. The van der Waals surface area contributed by atoms with E-state index in [1.54, 1.807) is 0 Å².